The molecular weight excluding hydrogens is 312 g/mol. The zero-order chi connectivity index (χ0) is 16.2. The maximum Gasteiger partial charge on any atom is 0.319 e. The first-order valence-corrected chi connectivity index (χ1v) is 7.78. The Labute approximate surface area is 139 Å². The van der Waals surface area contributed by atoms with E-state index in [1.807, 2.05) is 55.5 Å². The Morgan fingerprint density at radius 3 is 2.78 bits per heavy atom. The number of anilines is 1. The second kappa shape index (κ2) is 6.75. The Kier molecular flexibility index (Phi) is 4.53. The van der Waals surface area contributed by atoms with Crippen molar-refractivity contribution >= 4 is 34.3 Å². The minimum atomic E-state index is -0.223. The number of halogens is 1. The second-order valence-corrected chi connectivity index (χ2v) is 5.89. The van der Waals surface area contributed by atoms with Gasteiger partial charge in [-0.2, -0.15) is 0 Å². The molecule has 1 unspecified atom stereocenters. The first-order chi connectivity index (χ1) is 11.1. The molecule has 0 spiro atoms. The summed E-state index contributed by atoms with van der Waals surface area (Å²) in [5.41, 5.74) is 2.51. The molecule has 3 rings (SSSR count). The van der Waals surface area contributed by atoms with Crippen LogP contribution < -0.4 is 10.6 Å². The van der Waals surface area contributed by atoms with Gasteiger partial charge in [0.05, 0.1) is 11.3 Å². The summed E-state index contributed by atoms with van der Waals surface area (Å²) in [5, 5.41) is 7.28. The van der Waals surface area contributed by atoms with Crippen LogP contribution in [0.5, 0.6) is 0 Å². The number of para-hydroxylation sites is 1. The quantitative estimate of drug-likeness (QED) is 0.720. The van der Waals surface area contributed by atoms with E-state index in [1.54, 1.807) is 6.26 Å². The van der Waals surface area contributed by atoms with Gasteiger partial charge in [-0.05, 0) is 49.2 Å². The molecule has 2 aromatic carbocycles. The largest absolute Gasteiger partial charge is 0.463 e. The number of fused-ring (bicyclic) bond motifs is 1. The molecule has 5 heteroatoms. The van der Waals surface area contributed by atoms with E-state index >= 15 is 0 Å². The number of hydrogen-bond acceptors (Lipinski definition) is 2. The lowest BCUT2D eigenvalue weighted by Gasteiger charge is -2.15. The number of nitrogens with one attached hydrogen (secondary N) is 2. The third-order valence-electron chi connectivity index (χ3n) is 3.52. The van der Waals surface area contributed by atoms with Crippen LogP contribution in [0.4, 0.5) is 10.5 Å². The molecule has 1 atom stereocenters. The van der Waals surface area contributed by atoms with E-state index in [2.05, 4.69) is 10.6 Å². The van der Waals surface area contributed by atoms with Crippen molar-refractivity contribution in [2.45, 2.75) is 19.4 Å². The van der Waals surface area contributed by atoms with Gasteiger partial charge in [0.25, 0.3) is 0 Å². The average molecular weight is 329 g/mol. The summed E-state index contributed by atoms with van der Waals surface area (Å²) in [6.45, 7) is 1.96. The van der Waals surface area contributed by atoms with Gasteiger partial charge < -0.3 is 15.1 Å². The molecule has 0 aliphatic carbocycles. The normalized spacial score (nSPS) is 12.1. The molecule has 1 aromatic heterocycles. The van der Waals surface area contributed by atoms with Gasteiger partial charge >= 0.3 is 6.03 Å². The Bertz CT molecular complexity index is 814. The smallest absolute Gasteiger partial charge is 0.319 e. The molecule has 4 nitrogen and oxygen atoms in total. The average Bonchev–Trinajstić information content (AvgIpc) is 2.96. The number of amides is 2. The van der Waals surface area contributed by atoms with E-state index < -0.39 is 0 Å². The summed E-state index contributed by atoms with van der Waals surface area (Å²) >= 11 is 6.21. The molecule has 0 aliphatic rings. The highest BCUT2D eigenvalue weighted by Crippen LogP contribution is 2.26. The van der Waals surface area contributed by atoms with E-state index in [1.165, 1.54) is 0 Å². The fraction of sp³-hybridized carbons (Fsp3) is 0.167. The van der Waals surface area contributed by atoms with Crippen LogP contribution in [0, 0.1) is 0 Å². The summed E-state index contributed by atoms with van der Waals surface area (Å²) < 4.78 is 5.33. The highest BCUT2D eigenvalue weighted by Gasteiger charge is 2.11. The van der Waals surface area contributed by atoms with Crippen molar-refractivity contribution in [3.63, 3.8) is 0 Å². The zero-order valence-electron chi connectivity index (χ0n) is 12.7. The number of benzene rings is 2. The summed E-state index contributed by atoms with van der Waals surface area (Å²) in [4.78, 5) is 12.0. The number of carbonyl (C=O) groups excluding carboxylic acids is 1. The minimum absolute atomic E-state index is 0.0286. The summed E-state index contributed by atoms with van der Waals surface area (Å²) in [6.07, 6.45) is 2.30. The Morgan fingerprint density at radius 2 is 2.00 bits per heavy atom. The van der Waals surface area contributed by atoms with Crippen molar-refractivity contribution in [2.24, 2.45) is 0 Å². The fourth-order valence-electron chi connectivity index (χ4n) is 2.53. The molecule has 2 N–H and O–H groups in total. The summed E-state index contributed by atoms with van der Waals surface area (Å²) in [5.74, 6) is 0. The van der Waals surface area contributed by atoms with Gasteiger partial charge in [-0.1, -0.05) is 29.8 Å². The standard InChI is InChI=1S/C18H17ClN2O2/c1-12(20-18(22)21-15-5-3-2-4-6-15)9-13-10-14-7-8-23-17(14)16(19)11-13/h2-8,10-12H,9H2,1H3,(H2,20,21,22). The summed E-state index contributed by atoms with van der Waals surface area (Å²) in [6, 6.07) is 14.9. The first-order valence-electron chi connectivity index (χ1n) is 7.40. The predicted octanol–water partition coefficient (Wildman–Crippen LogP) is 4.84. The number of carbonyl (C=O) groups is 1. The zero-order valence-corrected chi connectivity index (χ0v) is 13.4. The van der Waals surface area contributed by atoms with Crippen molar-refractivity contribution in [1.29, 1.82) is 0 Å². The van der Waals surface area contributed by atoms with E-state index in [4.69, 9.17) is 16.0 Å². The monoisotopic (exact) mass is 328 g/mol. The number of furan rings is 1. The molecular formula is C18H17ClN2O2. The summed E-state index contributed by atoms with van der Waals surface area (Å²) in [7, 11) is 0. The van der Waals surface area contributed by atoms with Crippen LogP contribution in [0.15, 0.2) is 59.2 Å². The lowest BCUT2D eigenvalue weighted by atomic mass is 10.1. The van der Waals surface area contributed by atoms with Crippen LogP contribution in [-0.4, -0.2) is 12.1 Å². The Morgan fingerprint density at radius 1 is 1.22 bits per heavy atom. The molecule has 0 fully saturated rings. The van der Waals surface area contributed by atoms with Crippen LogP contribution >= 0.6 is 11.6 Å². The fourth-order valence-corrected chi connectivity index (χ4v) is 2.83. The van der Waals surface area contributed by atoms with Crippen molar-refractivity contribution in [3.8, 4) is 0 Å². The molecule has 0 radical (unpaired) electrons. The van der Waals surface area contributed by atoms with E-state index in [9.17, 15) is 4.79 Å². The van der Waals surface area contributed by atoms with Gasteiger partial charge in [0, 0.05) is 17.1 Å². The lowest BCUT2D eigenvalue weighted by Crippen LogP contribution is -2.37. The molecule has 0 saturated carbocycles. The predicted molar refractivity (Wildman–Crippen MR) is 93.0 cm³/mol. The maximum absolute atomic E-state index is 12.0. The van der Waals surface area contributed by atoms with Crippen LogP contribution in [0.25, 0.3) is 11.0 Å². The first kappa shape index (κ1) is 15.4. The Balaban J connectivity index is 1.61. The number of urea groups is 1. The Hall–Kier alpha value is -2.46. The molecule has 0 bridgehead atoms. The molecule has 0 aliphatic heterocycles. The maximum atomic E-state index is 12.0. The molecule has 1 heterocycles. The molecule has 23 heavy (non-hydrogen) atoms. The van der Waals surface area contributed by atoms with Crippen LogP contribution in [0.3, 0.4) is 0 Å². The van der Waals surface area contributed by atoms with Crippen molar-refractivity contribution in [2.75, 3.05) is 5.32 Å². The minimum Gasteiger partial charge on any atom is -0.463 e. The topological polar surface area (TPSA) is 54.3 Å². The van der Waals surface area contributed by atoms with Crippen LogP contribution in [0.2, 0.25) is 5.02 Å². The van der Waals surface area contributed by atoms with Gasteiger partial charge in [0.15, 0.2) is 5.58 Å². The number of rotatable bonds is 4. The molecule has 0 saturated heterocycles. The highest BCUT2D eigenvalue weighted by molar-refractivity contribution is 6.34. The van der Waals surface area contributed by atoms with Crippen molar-refractivity contribution < 1.29 is 9.21 Å². The third-order valence-corrected chi connectivity index (χ3v) is 3.80. The van der Waals surface area contributed by atoms with Gasteiger partial charge in [-0.3, -0.25) is 0 Å². The molecule has 118 valence electrons. The van der Waals surface area contributed by atoms with E-state index in [0.29, 0.717) is 17.0 Å². The van der Waals surface area contributed by atoms with Crippen molar-refractivity contribution in [3.05, 3.63) is 65.4 Å². The lowest BCUT2D eigenvalue weighted by molar-refractivity contribution is 0.249. The van der Waals surface area contributed by atoms with E-state index in [0.717, 1.165) is 16.6 Å². The highest BCUT2D eigenvalue weighted by atomic mass is 35.5. The molecule has 2 amide bonds. The SMILES string of the molecule is CC(Cc1cc(Cl)c2occc2c1)NC(=O)Nc1ccccc1. The van der Waals surface area contributed by atoms with E-state index in [-0.39, 0.29) is 12.1 Å². The van der Waals surface area contributed by atoms with Crippen LogP contribution in [0.1, 0.15) is 12.5 Å². The second-order valence-electron chi connectivity index (χ2n) is 5.49. The molecule has 3 aromatic rings. The van der Waals surface area contributed by atoms with Gasteiger partial charge in [-0.25, -0.2) is 4.79 Å². The van der Waals surface area contributed by atoms with Crippen LogP contribution in [-0.2, 0) is 6.42 Å². The number of hydrogen-bond donors (Lipinski definition) is 2. The van der Waals surface area contributed by atoms with Crippen molar-refractivity contribution in [1.82, 2.24) is 5.32 Å². The van der Waals surface area contributed by atoms with Gasteiger partial charge in [0.2, 0.25) is 0 Å². The van der Waals surface area contributed by atoms with Gasteiger partial charge in [0.1, 0.15) is 0 Å². The third kappa shape index (κ3) is 3.85. The van der Waals surface area contributed by atoms with Gasteiger partial charge in [-0.15, -0.1) is 0 Å².